The molecule has 1 aliphatic carbocycles. The minimum absolute atomic E-state index is 0.115. The fourth-order valence-corrected chi connectivity index (χ4v) is 7.09. The highest BCUT2D eigenvalue weighted by Gasteiger charge is 2.55. The van der Waals surface area contributed by atoms with Crippen LogP contribution >= 0.6 is 22.6 Å². The first-order valence-electron chi connectivity index (χ1n) is 14.4. The van der Waals surface area contributed by atoms with Gasteiger partial charge < -0.3 is 20.1 Å². The molecular weight excluding hydrogens is 633 g/mol. The molecule has 2 aromatic rings. The third-order valence-corrected chi connectivity index (χ3v) is 9.08. The van der Waals surface area contributed by atoms with E-state index in [0.717, 1.165) is 41.5 Å². The summed E-state index contributed by atoms with van der Waals surface area (Å²) in [7, 11) is 1.53. The lowest BCUT2D eigenvalue weighted by molar-refractivity contribution is -0.123. The quantitative estimate of drug-likeness (QED) is 0.140. The number of carbonyl (C=O) groups excluding carboxylic acids is 2. The number of hydrogen-bond donors (Lipinski definition) is 3. The molecule has 2 aromatic carbocycles. The molecule has 1 fully saturated rings. The molecule has 8 heteroatoms. The molecule has 0 unspecified atom stereocenters. The van der Waals surface area contributed by atoms with E-state index in [1.807, 2.05) is 12.1 Å². The van der Waals surface area contributed by atoms with E-state index in [0.29, 0.717) is 40.7 Å². The van der Waals surface area contributed by atoms with Gasteiger partial charge in [0.05, 0.1) is 40.9 Å². The lowest BCUT2D eigenvalue weighted by atomic mass is 9.67. The number of carbonyl (C=O) groups is 2. The molecule has 220 valence electrons. The fraction of sp³-hybridized carbons (Fsp3) is 0.455. The first-order valence-corrected chi connectivity index (χ1v) is 15.5. The zero-order chi connectivity index (χ0) is 29.7. The van der Waals surface area contributed by atoms with E-state index in [9.17, 15) is 24.9 Å². The number of para-hydroxylation sites is 1. The summed E-state index contributed by atoms with van der Waals surface area (Å²) in [5, 5.41) is 32.4. The number of aromatic hydroxyl groups is 1. The molecule has 1 heterocycles. The van der Waals surface area contributed by atoms with E-state index in [-0.39, 0.29) is 24.2 Å². The third kappa shape index (κ3) is 6.54. The van der Waals surface area contributed by atoms with Crippen molar-refractivity contribution < 1.29 is 29.6 Å². The molecule has 0 radical (unpaired) electrons. The van der Waals surface area contributed by atoms with Gasteiger partial charge in [0.15, 0.2) is 11.5 Å². The number of imide groups is 1. The molecule has 1 saturated heterocycles. The smallest absolute Gasteiger partial charge is 0.238 e. The first-order chi connectivity index (χ1) is 19.7. The second-order valence-electron chi connectivity index (χ2n) is 10.9. The van der Waals surface area contributed by atoms with Crippen molar-refractivity contribution in [2.45, 2.75) is 64.9 Å². The fourth-order valence-electron chi connectivity index (χ4n) is 6.47. The average Bonchev–Trinajstić information content (AvgIpc) is 3.22. The first kappa shape index (κ1) is 31.3. The van der Waals surface area contributed by atoms with Gasteiger partial charge in [0, 0.05) is 5.92 Å². The molecule has 0 aromatic heterocycles. The average molecular weight is 674 g/mol. The maximum absolute atomic E-state index is 13.7. The minimum atomic E-state index is -0.835. The number of anilines is 1. The number of phenols is 1. The van der Waals surface area contributed by atoms with E-state index < -0.39 is 23.9 Å². The van der Waals surface area contributed by atoms with Crippen LogP contribution in [-0.4, -0.2) is 47.0 Å². The van der Waals surface area contributed by atoms with Gasteiger partial charge in [-0.1, -0.05) is 62.1 Å². The van der Waals surface area contributed by atoms with Crippen molar-refractivity contribution in [2.75, 3.05) is 18.6 Å². The standard InChI is InChI=1S/C33H40INO6/c1-4-9-20(15-21-16-26(34)31(38)28(17-21)41-3)13-14-27(37)29-22(10-5-2)18-24-30(25(29)19-36)33(40)35(32(24)39)23-11-7-6-8-12-23/h6-8,11-12,15-17,24-25,27,30,36-38H,4-5,9-10,13-14,18-19H2,1-3H3/b20-15+/t24-,25+,27-,30-/m1/s1. The summed E-state index contributed by atoms with van der Waals surface area (Å²) >= 11 is 2.08. The highest BCUT2D eigenvalue weighted by atomic mass is 127. The molecule has 0 spiro atoms. The Kier molecular flexibility index (Phi) is 10.7. The molecule has 2 aliphatic rings. The van der Waals surface area contributed by atoms with Crippen molar-refractivity contribution in [3.8, 4) is 11.5 Å². The molecule has 0 bridgehead atoms. The number of fused-ring (bicyclic) bond motifs is 1. The Morgan fingerprint density at radius 2 is 1.85 bits per heavy atom. The Morgan fingerprint density at radius 3 is 2.49 bits per heavy atom. The second-order valence-corrected chi connectivity index (χ2v) is 12.1. The van der Waals surface area contributed by atoms with Crippen LogP contribution in [0.25, 0.3) is 6.08 Å². The Hall–Kier alpha value is -2.69. The normalized spacial score (nSPS) is 21.9. The van der Waals surface area contributed by atoms with Gasteiger partial charge >= 0.3 is 0 Å². The van der Waals surface area contributed by atoms with Crippen LogP contribution < -0.4 is 9.64 Å². The van der Waals surface area contributed by atoms with E-state index in [4.69, 9.17) is 4.74 Å². The second kappa shape index (κ2) is 14.0. The van der Waals surface area contributed by atoms with E-state index in [2.05, 4.69) is 42.5 Å². The molecule has 4 rings (SSSR count). The summed E-state index contributed by atoms with van der Waals surface area (Å²) in [5.74, 6) is -1.81. The highest BCUT2D eigenvalue weighted by Crippen LogP contribution is 2.48. The van der Waals surface area contributed by atoms with Gasteiger partial charge in [-0.15, -0.1) is 0 Å². The molecular formula is C33H40INO6. The van der Waals surface area contributed by atoms with Crippen LogP contribution in [0.4, 0.5) is 5.69 Å². The molecule has 3 N–H and O–H groups in total. The molecule has 4 atom stereocenters. The number of allylic oxidation sites excluding steroid dienone is 2. The van der Waals surface area contributed by atoms with Gasteiger partial charge in [0.1, 0.15) is 0 Å². The highest BCUT2D eigenvalue weighted by molar-refractivity contribution is 14.1. The number of halogens is 1. The van der Waals surface area contributed by atoms with Crippen LogP contribution in [0.5, 0.6) is 11.5 Å². The zero-order valence-corrected chi connectivity index (χ0v) is 26.1. The van der Waals surface area contributed by atoms with Gasteiger partial charge in [-0.05, 0) is 90.1 Å². The largest absolute Gasteiger partial charge is 0.504 e. The maximum Gasteiger partial charge on any atom is 0.238 e. The minimum Gasteiger partial charge on any atom is -0.504 e. The topological polar surface area (TPSA) is 107 Å². The monoisotopic (exact) mass is 673 g/mol. The van der Waals surface area contributed by atoms with E-state index in [1.54, 1.807) is 30.3 Å². The summed E-state index contributed by atoms with van der Waals surface area (Å²) in [4.78, 5) is 28.4. The molecule has 0 saturated carbocycles. The van der Waals surface area contributed by atoms with Crippen LogP contribution in [0, 0.1) is 21.3 Å². The lowest BCUT2D eigenvalue weighted by Gasteiger charge is -2.36. The number of aliphatic hydroxyl groups excluding tert-OH is 2. The van der Waals surface area contributed by atoms with Gasteiger partial charge in [-0.25, -0.2) is 0 Å². The van der Waals surface area contributed by atoms with Crippen LogP contribution in [-0.2, 0) is 9.59 Å². The third-order valence-electron chi connectivity index (χ3n) is 8.26. The van der Waals surface area contributed by atoms with E-state index >= 15 is 0 Å². The Labute approximate surface area is 256 Å². The number of ether oxygens (including phenoxy) is 1. The number of benzene rings is 2. The van der Waals surface area contributed by atoms with Crippen LogP contribution in [0.2, 0.25) is 0 Å². The number of phenolic OH excluding ortho intramolecular Hbond substituents is 1. The summed E-state index contributed by atoms with van der Waals surface area (Å²) in [6.45, 7) is 3.87. The van der Waals surface area contributed by atoms with E-state index in [1.165, 1.54) is 12.0 Å². The Bertz CT molecular complexity index is 1320. The SMILES string of the molecule is CCCC1=C([C@H](O)CC/C(=C/c2cc(I)c(O)c(OC)c2)CCC)[C@H](CO)[C@@H]2C(=O)N(c3ccccc3)C(=O)[C@@H]2C1. The number of methoxy groups -OCH3 is 1. The van der Waals surface area contributed by atoms with Gasteiger partial charge in [-0.2, -0.15) is 0 Å². The number of aliphatic hydroxyl groups is 2. The van der Waals surface area contributed by atoms with Crippen molar-refractivity contribution in [3.63, 3.8) is 0 Å². The molecule has 2 amide bonds. The maximum atomic E-state index is 13.7. The summed E-state index contributed by atoms with van der Waals surface area (Å²) in [6, 6.07) is 12.6. The van der Waals surface area contributed by atoms with Crippen LogP contribution in [0.15, 0.2) is 59.2 Å². The molecule has 41 heavy (non-hydrogen) atoms. The van der Waals surface area contributed by atoms with Crippen molar-refractivity contribution in [1.82, 2.24) is 0 Å². The predicted octanol–water partition coefficient (Wildman–Crippen LogP) is 6.24. The number of amides is 2. The molecule has 1 aliphatic heterocycles. The van der Waals surface area contributed by atoms with Crippen LogP contribution in [0.1, 0.15) is 64.4 Å². The number of nitrogens with zero attached hydrogens (tertiary/aromatic N) is 1. The van der Waals surface area contributed by atoms with Gasteiger partial charge in [0.2, 0.25) is 11.8 Å². The van der Waals surface area contributed by atoms with Crippen molar-refractivity contribution in [1.29, 1.82) is 0 Å². The van der Waals surface area contributed by atoms with Crippen molar-refractivity contribution in [3.05, 3.63) is 68.3 Å². The van der Waals surface area contributed by atoms with Crippen molar-refractivity contribution >= 4 is 46.2 Å². The summed E-state index contributed by atoms with van der Waals surface area (Å²) < 4.78 is 6.02. The Morgan fingerprint density at radius 1 is 1.12 bits per heavy atom. The van der Waals surface area contributed by atoms with Crippen molar-refractivity contribution in [2.24, 2.45) is 17.8 Å². The summed E-state index contributed by atoms with van der Waals surface area (Å²) in [5.41, 5.74) is 4.35. The molecule has 7 nitrogen and oxygen atoms in total. The van der Waals surface area contributed by atoms with Crippen LogP contribution in [0.3, 0.4) is 0 Å². The Balaban J connectivity index is 1.61. The number of rotatable bonds is 12. The lowest BCUT2D eigenvalue weighted by Crippen LogP contribution is -2.39. The zero-order valence-electron chi connectivity index (χ0n) is 24.0. The van der Waals surface area contributed by atoms with Gasteiger partial charge in [-0.3, -0.25) is 14.5 Å². The number of hydrogen-bond acceptors (Lipinski definition) is 6. The summed E-state index contributed by atoms with van der Waals surface area (Å²) in [6.07, 6.45) is 6.09. The predicted molar refractivity (Wildman–Crippen MR) is 169 cm³/mol. The van der Waals surface area contributed by atoms with Gasteiger partial charge in [0.25, 0.3) is 0 Å².